The van der Waals surface area contributed by atoms with Crippen LogP contribution in [0, 0.1) is 12.1 Å². The maximum Gasteiger partial charge on any atom is 2.00 e. The fraction of sp³-hybridized carbons (Fsp3) is 0.128. The van der Waals surface area contributed by atoms with Crippen molar-refractivity contribution in [3.63, 3.8) is 0 Å². The van der Waals surface area contributed by atoms with Gasteiger partial charge in [0.25, 0.3) is 0 Å². The molecule has 0 saturated heterocycles. The van der Waals surface area contributed by atoms with Crippen molar-refractivity contribution < 1.29 is 25.2 Å². The summed E-state index contributed by atoms with van der Waals surface area (Å²) < 4.78 is 27.2. The number of aromatic nitrogens is 2. The van der Waals surface area contributed by atoms with E-state index in [4.69, 9.17) is 9.10 Å². The van der Waals surface area contributed by atoms with Gasteiger partial charge in [0.15, 0.2) is 0 Å². The Morgan fingerprint density at radius 1 is 0.692 bits per heavy atom. The predicted molar refractivity (Wildman–Crippen MR) is 209 cm³/mol. The summed E-state index contributed by atoms with van der Waals surface area (Å²) in [5.41, 5.74) is 11.4. The Bertz CT molecular complexity index is 2720. The minimum absolute atomic E-state index is 0. The summed E-state index contributed by atoms with van der Waals surface area (Å²) in [6, 6.07) is 56.5. The second-order valence-corrected chi connectivity index (χ2v) is 13.9. The maximum atomic E-state index is 8.33. The van der Waals surface area contributed by atoms with Gasteiger partial charge in [-0.15, -0.1) is 22.6 Å². The smallest absolute Gasteiger partial charge is 0.355 e. The second-order valence-electron chi connectivity index (χ2n) is 13.9. The molecule has 6 aromatic carbocycles. The van der Waals surface area contributed by atoms with Gasteiger partial charge in [-0.1, -0.05) is 104 Å². The molecule has 5 heteroatoms. The number of nitrogens with zero attached hydrogens (tertiary/aromatic N) is 4. The quantitative estimate of drug-likeness (QED) is 0.161. The minimum Gasteiger partial charge on any atom is -0.355 e. The van der Waals surface area contributed by atoms with Crippen LogP contribution >= 0.6 is 0 Å². The van der Waals surface area contributed by atoms with Gasteiger partial charge in [-0.3, -0.25) is 0 Å². The second kappa shape index (κ2) is 12.4. The molecule has 0 fully saturated rings. The third-order valence-electron chi connectivity index (χ3n) is 10.8. The van der Waals surface area contributed by atoms with Crippen molar-refractivity contribution in [1.29, 1.82) is 0 Å². The van der Waals surface area contributed by atoms with Crippen LogP contribution in [0.15, 0.2) is 146 Å². The first-order chi connectivity index (χ1) is 26.2. The van der Waals surface area contributed by atoms with Crippen LogP contribution in [-0.4, -0.2) is 23.2 Å². The third kappa shape index (κ3) is 4.60. The molecule has 2 aromatic heterocycles. The largest absolute Gasteiger partial charge is 2.00 e. The van der Waals surface area contributed by atoms with Crippen LogP contribution in [0.4, 0.5) is 17.1 Å². The van der Waals surface area contributed by atoms with Gasteiger partial charge in [-0.25, -0.2) is 4.98 Å². The van der Waals surface area contributed by atoms with E-state index in [1.807, 2.05) is 36.5 Å². The van der Waals surface area contributed by atoms with Gasteiger partial charge in [0.05, 0.1) is 18.0 Å². The van der Waals surface area contributed by atoms with E-state index in [-0.39, 0.29) is 27.7 Å². The predicted octanol–water partition coefficient (Wildman–Crippen LogP) is 10.8. The fourth-order valence-electron chi connectivity index (χ4n) is 8.48. The summed E-state index contributed by atoms with van der Waals surface area (Å²) in [5.74, 6) is 1.22. The summed E-state index contributed by atoms with van der Waals surface area (Å²) in [7, 11) is 0. The van der Waals surface area contributed by atoms with Crippen LogP contribution in [0.2, 0.25) is 0 Å². The van der Waals surface area contributed by atoms with E-state index < -0.39 is 12.4 Å². The molecule has 3 heterocycles. The molecule has 0 radical (unpaired) electrons. The van der Waals surface area contributed by atoms with E-state index in [1.54, 1.807) is 0 Å². The molecule has 8 aromatic rings. The zero-order chi connectivity index (χ0) is 36.8. The molecule has 52 heavy (non-hydrogen) atoms. The summed E-state index contributed by atoms with van der Waals surface area (Å²) in [5, 5.41) is 2.25. The number of para-hydroxylation sites is 3. The number of rotatable bonds is 5. The zero-order valence-electron chi connectivity index (χ0n) is 31.7. The first kappa shape index (κ1) is 29.2. The number of benzene rings is 6. The number of anilines is 3. The molecule has 4 nitrogen and oxygen atoms in total. The fourth-order valence-corrected chi connectivity index (χ4v) is 8.48. The van der Waals surface area contributed by atoms with Crippen molar-refractivity contribution in [2.75, 3.05) is 23.4 Å². The van der Waals surface area contributed by atoms with Gasteiger partial charge in [0.2, 0.25) is 0 Å². The van der Waals surface area contributed by atoms with Crippen LogP contribution in [0.5, 0.6) is 0 Å². The van der Waals surface area contributed by atoms with Crippen LogP contribution in [0.3, 0.4) is 0 Å². The van der Waals surface area contributed by atoms with Crippen LogP contribution < -0.4 is 9.80 Å². The molecule has 2 aliphatic rings. The topological polar surface area (TPSA) is 24.3 Å². The van der Waals surface area contributed by atoms with Crippen molar-refractivity contribution >= 4 is 38.9 Å². The van der Waals surface area contributed by atoms with E-state index in [0.29, 0.717) is 11.6 Å². The SMILES string of the molecule is [2H]C([2H])([2H])N1CN(c2[c-]c(C3(c4[c-]c5c(cc4)c4ccccc4n5-c4cc(C(C)C)ccn4)c4ccccc4-c4ccccc43)ccc2)c2ccccc21.[Pt+2]. The van der Waals surface area contributed by atoms with E-state index in [9.17, 15) is 0 Å². The summed E-state index contributed by atoms with van der Waals surface area (Å²) in [6.45, 7) is 2.32. The molecule has 0 saturated carbocycles. The van der Waals surface area contributed by atoms with Gasteiger partial charge < -0.3 is 14.4 Å². The standard InChI is InChI=1S/C47H36N4.Pt/c1-31(2)32-25-26-48-46(27-32)51-42-20-9-6-17-38(42)39-24-23-34(29-45(39)51)47(40-18-7-4-15-36(40)37-16-5-8-19-41(37)47)33-13-12-14-35(28-33)50-30-49(3)43-21-10-11-22-44(43)50;/h4-27,31H,30H2,1-3H3;/q-2;+2/i3D3;. The van der Waals surface area contributed by atoms with Crippen LogP contribution in [-0.2, 0) is 26.5 Å². The first-order valence-corrected chi connectivity index (χ1v) is 17.5. The Balaban J connectivity index is 0.00000397. The molecule has 0 unspecified atom stereocenters. The molecule has 0 N–H and O–H groups in total. The number of hydrogen-bond donors (Lipinski definition) is 0. The normalized spacial score (nSPS) is 15.2. The molecule has 1 aliphatic heterocycles. The third-order valence-corrected chi connectivity index (χ3v) is 10.8. The van der Waals surface area contributed by atoms with E-state index in [1.165, 1.54) is 21.6 Å². The maximum absolute atomic E-state index is 8.33. The van der Waals surface area contributed by atoms with Gasteiger partial charge in [0.1, 0.15) is 5.82 Å². The van der Waals surface area contributed by atoms with Gasteiger partial charge in [-0.2, -0.15) is 36.4 Å². The molecule has 0 spiro atoms. The number of pyridine rings is 1. The van der Waals surface area contributed by atoms with Gasteiger partial charge in [-0.05, 0) is 69.5 Å². The average molecular weight is 855 g/mol. The number of fused-ring (bicyclic) bond motifs is 7. The van der Waals surface area contributed by atoms with E-state index in [0.717, 1.165) is 61.3 Å². The van der Waals surface area contributed by atoms with Gasteiger partial charge in [0, 0.05) is 28.2 Å². The molecule has 0 atom stereocenters. The average Bonchev–Trinajstić information content (AvgIpc) is 3.85. The molecular formula is C47H36N4Pt. The van der Waals surface area contributed by atoms with Crippen molar-refractivity contribution in [1.82, 2.24) is 9.55 Å². The molecule has 1 aliphatic carbocycles. The van der Waals surface area contributed by atoms with E-state index in [2.05, 4.69) is 145 Å². The Kier molecular flexibility index (Phi) is 6.93. The molecule has 0 amide bonds. The van der Waals surface area contributed by atoms with Crippen molar-refractivity contribution in [2.45, 2.75) is 25.2 Å². The Hall–Kier alpha value is -5.44. The van der Waals surface area contributed by atoms with E-state index >= 15 is 0 Å². The van der Waals surface area contributed by atoms with Crippen LogP contribution in [0.1, 0.15) is 51.7 Å². The van der Waals surface area contributed by atoms with Gasteiger partial charge >= 0.3 is 21.1 Å². The summed E-state index contributed by atoms with van der Waals surface area (Å²) >= 11 is 0. The number of hydrogen-bond acceptors (Lipinski definition) is 3. The Morgan fingerprint density at radius 2 is 1.38 bits per heavy atom. The Morgan fingerprint density at radius 3 is 2.15 bits per heavy atom. The first-order valence-electron chi connectivity index (χ1n) is 19.0. The molecular weight excluding hydrogens is 816 g/mol. The molecule has 0 bridgehead atoms. The van der Waals surface area contributed by atoms with Crippen LogP contribution in [0.25, 0.3) is 38.8 Å². The van der Waals surface area contributed by atoms with Crippen molar-refractivity contribution in [2.24, 2.45) is 0 Å². The molecule has 254 valence electrons. The molecule has 10 rings (SSSR count). The summed E-state index contributed by atoms with van der Waals surface area (Å²) in [4.78, 5) is 8.47. The zero-order valence-corrected chi connectivity index (χ0v) is 31.0. The monoisotopic (exact) mass is 854 g/mol. The Labute approximate surface area is 323 Å². The minimum atomic E-state index is -2.29. The summed E-state index contributed by atoms with van der Waals surface area (Å²) in [6.07, 6.45) is 1.91. The van der Waals surface area contributed by atoms with Crippen molar-refractivity contribution in [3.05, 3.63) is 186 Å². The van der Waals surface area contributed by atoms with Crippen molar-refractivity contribution in [3.8, 4) is 16.9 Å².